The fraction of sp³-hybridized carbons (Fsp3) is 1.00. The highest BCUT2D eigenvalue weighted by atomic mass is 16.5. The second-order valence-corrected chi connectivity index (χ2v) is 3.57. The molecule has 1 heterocycles. The van der Waals surface area contributed by atoms with Gasteiger partial charge < -0.3 is 4.74 Å². The molecular formula is C9H21N3O. The van der Waals surface area contributed by atoms with Crippen molar-refractivity contribution >= 4 is 0 Å². The Morgan fingerprint density at radius 3 is 2.69 bits per heavy atom. The first-order chi connectivity index (χ1) is 6.36. The highest BCUT2D eigenvalue weighted by Gasteiger charge is 2.14. The van der Waals surface area contributed by atoms with Gasteiger partial charge in [-0.1, -0.05) is 13.3 Å². The van der Waals surface area contributed by atoms with Gasteiger partial charge in [0.1, 0.15) is 0 Å². The van der Waals surface area contributed by atoms with E-state index in [9.17, 15) is 0 Å². The molecule has 0 aromatic heterocycles. The summed E-state index contributed by atoms with van der Waals surface area (Å²) in [7, 11) is 0. The van der Waals surface area contributed by atoms with E-state index in [1.807, 2.05) is 0 Å². The summed E-state index contributed by atoms with van der Waals surface area (Å²) in [6, 6.07) is 0.433. The lowest BCUT2D eigenvalue weighted by molar-refractivity contribution is 0.0331. The molecule has 0 saturated carbocycles. The minimum atomic E-state index is 0.433. The van der Waals surface area contributed by atoms with Gasteiger partial charge in [0, 0.05) is 25.7 Å². The van der Waals surface area contributed by atoms with E-state index in [1.54, 1.807) is 0 Å². The van der Waals surface area contributed by atoms with Crippen molar-refractivity contribution in [2.45, 2.75) is 25.8 Å². The molecule has 1 atom stereocenters. The Hall–Kier alpha value is -0.160. The third-order valence-electron chi connectivity index (χ3n) is 2.46. The zero-order valence-corrected chi connectivity index (χ0v) is 8.46. The zero-order chi connectivity index (χ0) is 9.52. The summed E-state index contributed by atoms with van der Waals surface area (Å²) in [6.45, 7) is 7.05. The van der Waals surface area contributed by atoms with Gasteiger partial charge >= 0.3 is 0 Å². The van der Waals surface area contributed by atoms with Crippen molar-refractivity contribution in [1.29, 1.82) is 0 Å². The molecule has 4 heteroatoms. The van der Waals surface area contributed by atoms with E-state index in [0.717, 1.165) is 39.3 Å². The van der Waals surface area contributed by atoms with Crippen molar-refractivity contribution in [2.75, 3.05) is 32.8 Å². The van der Waals surface area contributed by atoms with Crippen molar-refractivity contribution in [3.63, 3.8) is 0 Å². The van der Waals surface area contributed by atoms with Crippen molar-refractivity contribution < 1.29 is 4.74 Å². The van der Waals surface area contributed by atoms with Crippen LogP contribution in [0, 0.1) is 0 Å². The number of nitrogens with one attached hydrogen (secondary N) is 1. The molecule has 1 aliphatic heterocycles. The SMILES string of the molecule is CCCC(CN1CCOCC1)NN. The van der Waals surface area contributed by atoms with Gasteiger partial charge in [-0.25, -0.2) is 0 Å². The number of ether oxygens (including phenoxy) is 1. The lowest BCUT2D eigenvalue weighted by Crippen LogP contribution is -2.47. The van der Waals surface area contributed by atoms with E-state index in [1.165, 1.54) is 6.42 Å². The first-order valence-corrected chi connectivity index (χ1v) is 5.13. The molecule has 0 spiro atoms. The Kier molecular flexibility index (Phi) is 5.31. The van der Waals surface area contributed by atoms with E-state index >= 15 is 0 Å². The summed E-state index contributed by atoms with van der Waals surface area (Å²) in [6.07, 6.45) is 2.33. The lowest BCUT2D eigenvalue weighted by Gasteiger charge is -2.30. The third-order valence-corrected chi connectivity index (χ3v) is 2.46. The van der Waals surface area contributed by atoms with E-state index in [0.29, 0.717) is 6.04 Å². The predicted octanol–water partition coefficient (Wildman–Crippen LogP) is -0.0494. The third kappa shape index (κ3) is 4.04. The Balaban J connectivity index is 2.18. The molecule has 0 radical (unpaired) electrons. The molecule has 3 N–H and O–H groups in total. The summed E-state index contributed by atoms with van der Waals surface area (Å²) in [5.74, 6) is 5.47. The Morgan fingerprint density at radius 1 is 1.46 bits per heavy atom. The van der Waals surface area contributed by atoms with Crippen LogP contribution < -0.4 is 11.3 Å². The highest BCUT2D eigenvalue weighted by Crippen LogP contribution is 2.02. The van der Waals surface area contributed by atoms with Gasteiger partial charge in [-0.05, 0) is 6.42 Å². The van der Waals surface area contributed by atoms with Crippen LogP contribution in [0.25, 0.3) is 0 Å². The molecule has 1 rings (SSSR count). The van der Waals surface area contributed by atoms with Gasteiger partial charge in [0.15, 0.2) is 0 Å². The van der Waals surface area contributed by atoms with E-state index in [-0.39, 0.29) is 0 Å². The molecule has 0 aliphatic carbocycles. The molecule has 4 nitrogen and oxygen atoms in total. The maximum Gasteiger partial charge on any atom is 0.0594 e. The van der Waals surface area contributed by atoms with E-state index in [2.05, 4.69) is 17.2 Å². The van der Waals surface area contributed by atoms with Crippen LogP contribution >= 0.6 is 0 Å². The van der Waals surface area contributed by atoms with Crippen molar-refractivity contribution in [3.05, 3.63) is 0 Å². The highest BCUT2D eigenvalue weighted by molar-refractivity contribution is 4.71. The average Bonchev–Trinajstić information content (AvgIpc) is 2.19. The molecule has 78 valence electrons. The Bertz CT molecular complexity index is 123. The number of morpholine rings is 1. The minimum absolute atomic E-state index is 0.433. The monoisotopic (exact) mass is 187 g/mol. The van der Waals surface area contributed by atoms with Gasteiger partial charge in [-0.2, -0.15) is 0 Å². The van der Waals surface area contributed by atoms with Crippen LogP contribution in [0.2, 0.25) is 0 Å². The van der Waals surface area contributed by atoms with Crippen LogP contribution in [-0.4, -0.2) is 43.8 Å². The fourth-order valence-electron chi connectivity index (χ4n) is 1.67. The summed E-state index contributed by atoms with van der Waals surface area (Å²) in [5, 5.41) is 0. The number of hydrogen-bond donors (Lipinski definition) is 2. The van der Waals surface area contributed by atoms with Gasteiger partial charge in [-0.15, -0.1) is 0 Å². The molecule has 0 amide bonds. The smallest absolute Gasteiger partial charge is 0.0594 e. The summed E-state index contributed by atoms with van der Waals surface area (Å²) < 4.78 is 5.28. The van der Waals surface area contributed by atoms with E-state index < -0.39 is 0 Å². The van der Waals surface area contributed by atoms with Crippen molar-refractivity contribution in [1.82, 2.24) is 10.3 Å². The topological polar surface area (TPSA) is 50.5 Å². The maximum absolute atomic E-state index is 5.47. The quantitative estimate of drug-likeness (QED) is 0.468. The van der Waals surface area contributed by atoms with Crippen molar-refractivity contribution in [3.8, 4) is 0 Å². The lowest BCUT2D eigenvalue weighted by atomic mass is 10.1. The van der Waals surface area contributed by atoms with Gasteiger partial charge in [0.25, 0.3) is 0 Å². The largest absolute Gasteiger partial charge is 0.379 e. The first-order valence-electron chi connectivity index (χ1n) is 5.13. The van der Waals surface area contributed by atoms with Gasteiger partial charge in [0.05, 0.1) is 13.2 Å². The molecule has 13 heavy (non-hydrogen) atoms. The number of nitrogens with two attached hydrogens (primary N) is 1. The molecule has 1 aliphatic rings. The zero-order valence-electron chi connectivity index (χ0n) is 8.46. The molecule has 1 unspecified atom stereocenters. The molecule has 0 bridgehead atoms. The Labute approximate surface area is 80.4 Å². The van der Waals surface area contributed by atoms with Crippen LogP contribution in [0.1, 0.15) is 19.8 Å². The van der Waals surface area contributed by atoms with Crippen LogP contribution in [0.15, 0.2) is 0 Å². The van der Waals surface area contributed by atoms with E-state index in [4.69, 9.17) is 10.6 Å². The minimum Gasteiger partial charge on any atom is -0.379 e. The molecule has 1 fully saturated rings. The van der Waals surface area contributed by atoms with Gasteiger partial charge in [0.2, 0.25) is 0 Å². The average molecular weight is 187 g/mol. The van der Waals surface area contributed by atoms with Crippen LogP contribution in [0.3, 0.4) is 0 Å². The van der Waals surface area contributed by atoms with Crippen molar-refractivity contribution in [2.24, 2.45) is 5.84 Å². The number of nitrogens with zero attached hydrogens (tertiary/aromatic N) is 1. The van der Waals surface area contributed by atoms with Crippen LogP contribution in [0.4, 0.5) is 0 Å². The summed E-state index contributed by atoms with van der Waals surface area (Å²) in [4.78, 5) is 2.41. The standard InChI is InChI=1S/C9H21N3O/c1-2-3-9(11-10)8-12-4-6-13-7-5-12/h9,11H,2-8,10H2,1H3. The molecule has 0 aromatic rings. The van der Waals surface area contributed by atoms with Crippen LogP contribution in [0.5, 0.6) is 0 Å². The Morgan fingerprint density at radius 2 is 2.15 bits per heavy atom. The fourth-order valence-corrected chi connectivity index (χ4v) is 1.67. The molecular weight excluding hydrogens is 166 g/mol. The number of hydrogen-bond acceptors (Lipinski definition) is 4. The molecule has 0 aromatic carbocycles. The predicted molar refractivity (Wildman–Crippen MR) is 53.3 cm³/mol. The van der Waals surface area contributed by atoms with Gasteiger partial charge in [-0.3, -0.25) is 16.2 Å². The second-order valence-electron chi connectivity index (χ2n) is 3.57. The second kappa shape index (κ2) is 6.32. The maximum atomic E-state index is 5.47. The summed E-state index contributed by atoms with van der Waals surface area (Å²) in [5.41, 5.74) is 2.87. The van der Waals surface area contributed by atoms with Crippen LogP contribution in [-0.2, 0) is 4.74 Å². The first kappa shape index (κ1) is 10.9. The number of hydrazine groups is 1. The summed E-state index contributed by atoms with van der Waals surface area (Å²) >= 11 is 0. The normalized spacial score (nSPS) is 21.7. The molecule has 1 saturated heterocycles. The number of rotatable bonds is 5.